The second-order valence-corrected chi connectivity index (χ2v) is 1.87. The largest absolute Gasteiger partial charge is 0.490 e. The number of ether oxygens (including phenoxy) is 1. The number of rotatable bonds is 4. The Hall–Kier alpha value is -0.990. The van der Waals surface area contributed by atoms with Gasteiger partial charge in [-0.15, -0.1) is 0 Å². The zero-order chi connectivity index (χ0) is 7.98. The van der Waals surface area contributed by atoms with Crippen LogP contribution in [0.1, 0.15) is 19.8 Å². The fraction of sp³-hybridized carbons (Fsp3) is 0.571. The van der Waals surface area contributed by atoms with Crippen molar-refractivity contribution < 1.29 is 14.6 Å². The first-order valence-electron chi connectivity index (χ1n) is 3.19. The van der Waals surface area contributed by atoms with Crippen LogP contribution in [-0.2, 0) is 9.53 Å². The second kappa shape index (κ2) is 4.85. The molecule has 0 heterocycles. The lowest BCUT2D eigenvalue weighted by Crippen LogP contribution is -2.01. The summed E-state index contributed by atoms with van der Waals surface area (Å²) in [6.07, 6.45) is 3.25. The molecule has 0 unspecified atom stereocenters. The van der Waals surface area contributed by atoms with Gasteiger partial charge in [0.05, 0.1) is 7.11 Å². The molecule has 1 N–H and O–H groups in total. The van der Waals surface area contributed by atoms with Crippen LogP contribution in [0.25, 0.3) is 0 Å². The molecule has 0 aromatic heterocycles. The molecule has 0 spiro atoms. The van der Waals surface area contributed by atoms with Crippen LogP contribution in [0.2, 0.25) is 0 Å². The van der Waals surface area contributed by atoms with E-state index in [1.165, 1.54) is 7.11 Å². The van der Waals surface area contributed by atoms with Gasteiger partial charge in [0, 0.05) is 0 Å². The van der Waals surface area contributed by atoms with E-state index in [-0.39, 0.29) is 5.76 Å². The SMILES string of the molecule is CCC/C=C(/OC)C(=O)O. The summed E-state index contributed by atoms with van der Waals surface area (Å²) in [4.78, 5) is 10.2. The van der Waals surface area contributed by atoms with Crippen molar-refractivity contribution in [2.75, 3.05) is 7.11 Å². The molecule has 0 rings (SSSR count). The molecular weight excluding hydrogens is 132 g/mol. The molecule has 3 nitrogen and oxygen atoms in total. The Bertz CT molecular complexity index is 138. The van der Waals surface area contributed by atoms with E-state index >= 15 is 0 Å². The Morgan fingerprint density at radius 1 is 1.70 bits per heavy atom. The van der Waals surface area contributed by atoms with Crippen LogP contribution in [0, 0.1) is 0 Å². The van der Waals surface area contributed by atoms with Crippen LogP contribution in [-0.4, -0.2) is 18.2 Å². The zero-order valence-corrected chi connectivity index (χ0v) is 6.26. The molecule has 0 radical (unpaired) electrons. The molecule has 0 aromatic carbocycles. The third-order valence-electron chi connectivity index (χ3n) is 1.05. The minimum Gasteiger partial charge on any atom is -0.490 e. The normalized spacial score (nSPS) is 11.2. The van der Waals surface area contributed by atoms with E-state index < -0.39 is 5.97 Å². The van der Waals surface area contributed by atoms with Gasteiger partial charge in [0.15, 0.2) is 5.76 Å². The van der Waals surface area contributed by atoms with E-state index in [1.807, 2.05) is 6.92 Å². The Morgan fingerprint density at radius 2 is 2.30 bits per heavy atom. The average Bonchev–Trinajstić information content (AvgIpc) is 1.89. The number of allylic oxidation sites excluding steroid dienone is 1. The van der Waals surface area contributed by atoms with Gasteiger partial charge in [0.25, 0.3) is 0 Å². The van der Waals surface area contributed by atoms with Crippen LogP contribution in [0.4, 0.5) is 0 Å². The lowest BCUT2D eigenvalue weighted by Gasteiger charge is -1.97. The van der Waals surface area contributed by atoms with Gasteiger partial charge in [-0.05, 0) is 12.5 Å². The predicted octanol–water partition coefficient (Wildman–Crippen LogP) is 1.40. The summed E-state index contributed by atoms with van der Waals surface area (Å²) in [5, 5.41) is 8.41. The van der Waals surface area contributed by atoms with Crippen molar-refractivity contribution in [3.63, 3.8) is 0 Å². The van der Waals surface area contributed by atoms with Crippen LogP contribution < -0.4 is 0 Å². The smallest absolute Gasteiger partial charge is 0.370 e. The van der Waals surface area contributed by atoms with Gasteiger partial charge < -0.3 is 9.84 Å². The Balaban J connectivity index is 3.91. The molecule has 0 aliphatic rings. The van der Waals surface area contributed by atoms with E-state index in [9.17, 15) is 4.79 Å². The van der Waals surface area contributed by atoms with Crippen LogP contribution in [0.15, 0.2) is 11.8 Å². The molecule has 0 atom stereocenters. The Morgan fingerprint density at radius 3 is 2.60 bits per heavy atom. The Labute approximate surface area is 60.3 Å². The third kappa shape index (κ3) is 3.12. The van der Waals surface area contributed by atoms with Gasteiger partial charge in [0.1, 0.15) is 0 Å². The van der Waals surface area contributed by atoms with Crippen molar-refractivity contribution in [2.45, 2.75) is 19.8 Å². The molecule has 0 saturated heterocycles. The van der Waals surface area contributed by atoms with Gasteiger partial charge in [0.2, 0.25) is 0 Å². The average molecular weight is 144 g/mol. The standard InChI is InChI=1S/C7H12O3/c1-3-4-5-6(10-2)7(8)9/h5H,3-4H2,1-2H3,(H,8,9)/b6-5+. The quantitative estimate of drug-likeness (QED) is 0.479. The molecule has 0 aliphatic carbocycles. The van der Waals surface area contributed by atoms with Crippen molar-refractivity contribution in [2.24, 2.45) is 0 Å². The molecule has 0 aliphatic heterocycles. The number of carboxylic acids is 1. The maximum absolute atomic E-state index is 10.2. The predicted molar refractivity (Wildman–Crippen MR) is 37.6 cm³/mol. The molecule has 10 heavy (non-hydrogen) atoms. The molecular formula is C7H12O3. The van der Waals surface area contributed by atoms with Crippen molar-refractivity contribution in [1.82, 2.24) is 0 Å². The minimum absolute atomic E-state index is 0.0295. The maximum atomic E-state index is 10.2. The summed E-state index contributed by atoms with van der Waals surface area (Å²) < 4.78 is 4.58. The van der Waals surface area contributed by atoms with E-state index in [0.29, 0.717) is 0 Å². The highest BCUT2D eigenvalue weighted by Crippen LogP contribution is 1.99. The fourth-order valence-corrected chi connectivity index (χ4v) is 0.533. The summed E-state index contributed by atoms with van der Waals surface area (Å²) in [7, 11) is 1.36. The monoisotopic (exact) mass is 144 g/mol. The van der Waals surface area contributed by atoms with E-state index in [1.54, 1.807) is 6.08 Å². The molecule has 0 aromatic rings. The summed E-state index contributed by atoms with van der Waals surface area (Å²) in [6.45, 7) is 1.98. The topological polar surface area (TPSA) is 46.5 Å². The van der Waals surface area contributed by atoms with Crippen LogP contribution in [0.3, 0.4) is 0 Å². The lowest BCUT2D eigenvalue weighted by molar-refractivity contribution is -0.136. The number of unbranched alkanes of at least 4 members (excludes halogenated alkanes) is 1. The van der Waals surface area contributed by atoms with Crippen LogP contribution in [0.5, 0.6) is 0 Å². The van der Waals surface area contributed by atoms with Gasteiger partial charge in [-0.2, -0.15) is 0 Å². The lowest BCUT2D eigenvalue weighted by atomic mass is 10.3. The summed E-state index contributed by atoms with van der Waals surface area (Å²) in [6, 6.07) is 0. The number of hydrogen-bond acceptors (Lipinski definition) is 2. The molecule has 0 fully saturated rings. The molecule has 3 heteroatoms. The highest BCUT2D eigenvalue weighted by Gasteiger charge is 2.03. The zero-order valence-electron chi connectivity index (χ0n) is 6.26. The molecule has 0 bridgehead atoms. The number of methoxy groups -OCH3 is 1. The summed E-state index contributed by atoms with van der Waals surface area (Å²) in [5.74, 6) is -0.974. The van der Waals surface area contributed by atoms with E-state index in [0.717, 1.165) is 12.8 Å². The van der Waals surface area contributed by atoms with Gasteiger partial charge >= 0.3 is 5.97 Å². The highest BCUT2D eigenvalue weighted by molar-refractivity contribution is 5.84. The van der Waals surface area contributed by atoms with E-state index in [2.05, 4.69) is 4.74 Å². The molecule has 58 valence electrons. The van der Waals surface area contributed by atoms with Gasteiger partial charge in [-0.25, -0.2) is 4.79 Å². The first-order chi connectivity index (χ1) is 4.72. The first kappa shape index (κ1) is 9.01. The second-order valence-electron chi connectivity index (χ2n) is 1.87. The van der Waals surface area contributed by atoms with Crippen LogP contribution >= 0.6 is 0 Å². The fourth-order valence-electron chi connectivity index (χ4n) is 0.533. The van der Waals surface area contributed by atoms with Crippen molar-refractivity contribution in [3.05, 3.63) is 11.8 Å². The third-order valence-corrected chi connectivity index (χ3v) is 1.05. The number of carboxylic acid groups (broad SMARTS) is 1. The summed E-state index contributed by atoms with van der Waals surface area (Å²) in [5.41, 5.74) is 0. The minimum atomic E-state index is -1.00. The van der Waals surface area contributed by atoms with Gasteiger partial charge in [-0.1, -0.05) is 13.3 Å². The van der Waals surface area contributed by atoms with Crippen molar-refractivity contribution in [1.29, 1.82) is 0 Å². The highest BCUT2D eigenvalue weighted by atomic mass is 16.5. The van der Waals surface area contributed by atoms with E-state index in [4.69, 9.17) is 5.11 Å². The maximum Gasteiger partial charge on any atom is 0.370 e. The Kier molecular flexibility index (Phi) is 4.37. The van der Waals surface area contributed by atoms with Crippen molar-refractivity contribution >= 4 is 5.97 Å². The summed E-state index contributed by atoms with van der Waals surface area (Å²) >= 11 is 0. The number of hydrogen-bond donors (Lipinski definition) is 1. The number of carbonyl (C=O) groups is 1. The van der Waals surface area contributed by atoms with Crippen molar-refractivity contribution in [3.8, 4) is 0 Å². The molecule has 0 saturated carbocycles. The van der Waals surface area contributed by atoms with Gasteiger partial charge in [-0.3, -0.25) is 0 Å². The first-order valence-corrected chi connectivity index (χ1v) is 3.19. The molecule has 0 amide bonds. The number of aliphatic carboxylic acids is 1.